The molecule has 0 saturated carbocycles. The van der Waals surface area contributed by atoms with Crippen molar-refractivity contribution >= 4 is 70.6 Å². The molecule has 0 N–H and O–H groups in total. The van der Waals surface area contributed by atoms with Gasteiger partial charge in [0.05, 0.1) is 0 Å². The van der Waals surface area contributed by atoms with Gasteiger partial charge in [0.15, 0.2) is 0 Å². The second-order valence-corrected chi connectivity index (χ2v) is 15.3. The molecule has 0 atom stereocenters. The molecule has 7 aromatic rings. The van der Waals surface area contributed by atoms with Crippen LogP contribution < -0.4 is 31.8 Å². The summed E-state index contributed by atoms with van der Waals surface area (Å²) in [5.74, 6) is 0. The van der Waals surface area contributed by atoms with Crippen molar-refractivity contribution in [2.75, 3.05) is 0 Å². The Morgan fingerprint density at radius 2 is 1.02 bits per heavy atom. The van der Waals surface area contributed by atoms with Crippen molar-refractivity contribution in [3.8, 4) is 10.4 Å². The van der Waals surface area contributed by atoms with Crippen LogP contribution in [0.15, 0.2) is 175 Å². The van der Waals surface area contributed by atoms with E-state index in [-0.39, 0.29) is 33.6 Å². The van der Waals surface area contributed by atoms with Gasteiger partial charge in [0.1, 0.15) is 0 Å². The molecule has 0 nitrogen and oxygen atoms in total. The van der Waals surface area contributed by atoms with Crippen molar-refractivity contribution in [3.63, 3.8) is 0 Å². The average Bonchev–Trinajstić information content (AvgIpc) is 3.84. The molecule has 0 aliphatic rings. The molecule has 0 fully saturated rings. The van der Waals surface area contributed by atoms with Gasteiger partial charge in [-0.15, -0.1) is 28.5 Å². The molecule has 6 heteroatoms. The molecule has 6 aromatic carbocycles. The smallest absolute Gasteiger partial charge is 0 e. The monoisotopic (exact) mass is 728 g/mol. The van der Waals surface area contributed by atoms with Crippen molar-refractivity contribution in [2.45, 2.75) is 0 Å². The third kappa shape index (κ3) is 8.17. The fourth-order valence-corrected chi connectivity index (χ4v) is 11.0. The first-order valence-electron chi connectivity index (χ1n) is 13.8. The Hall–Kier alpha value is -2.56. The molecule has 0 bridgehead atoms. The summed E-state index contributed by atoms with van der Waals surface area (Å²) in [6.07, 6.45) is 0. The van der Waals surface area contributed by atoms with Gasteiger partial charge in [0.25, 0.3) is 0 Å². The van der Waals surface area contributed by atoms with Crippen LogP contribution in [0.1, 0.15) is 0 Å². The van der Waals surface area contributed by atoms with E-state index in [1.807, 2.05) is 6.07 Å². The Balaban J connectivity index is 0.000000199. The van der Waals surface area contributed by atoms with Gasteiger partial charge in [-0.2, -0.15) is 17.4 Å². The maximum Gasteiger partial charge on any atom is 0 e. The van der Waals surface area contributed by atoms with Crippen LogP contribution in [0.25, 0.3) is 10.4 Å². The molecule has 0 amide bonds. The zero-order chi connectivity index (χ0) is 28.6. The summed E-state index contributed by atoms with van der Waals surface area (Å²) in [4.78, 5) is 1.24. The Kier molecular flexibility index (Phi) is 13.4. The fraction of sp³-hybridized carbons (Fsp3) is 0. The van der Waals surface area contributed by atoms with Crippen LogP contribution in [0.4, 0.5) is 0 Å². The molecule has 0 spiro atoms. The summed E-state index contributed by atoms with van der Waals surface area (Å²) in [6.45, 7) is 0. The number of hydrogen-bond donors (Lipinski definition) is 0. The second kappa shape index (κ2) is 17.2. The minimum atomic E-state index is -0.628. The predicted octanol–water partition coefficient (Wildman–Crippen LogP) is 8.70. The summed E-state index contributed by atoms with van der Waals surface area (Å²) >= 11 is 8.32. The van der Waals surface area contributed by atoms with E-state index in [1.165, 1.54) is 42.3 Å². The summed E-state index contributed by atoms with van der Waals surface area (Å²) in [5, 5.41) is 11.2. The maximum atomic E-state index is 6.57. The first kappa shape index (κ1) is 34.3. The van der Waals surface area contributed by atoms with Gasteiger partial charge in [-0.05, 0) is 25.9 Å². The molecular weight excluding hydrogens is 700 g/mol. The number of rotatable bonds is 7. The number of hydrogen-bond acceptors (Lipinski definition) is 1. The first-order chi connectivity index (χ1) is 20.8. The third-order valence-electron chi connectivity index (χ3n) is 6.85. The van der Waals surface area contributed by atoms with Gasteiger partial charge in [-0.25, -0.2) is 7.92 Å². The largest absolute Gasteiger partial charge is 0.747 e. The quantitative estimate of drug-likeness (QED) is 0.0876. The minimum Gasteiger partial charge on any atom is -0.747 e. The molecule has 7 rings (SSSR count). The van der Waals surface area contributed by atoms with E-state index in [1.54, 1.807) is 11.3 Å². The second-order valence-electron chi connectivity index (χ2n) is 9.57. The zero-order valence-electron chi connectivity index (χ0n) is 23.6. The van der Waals surface area contributed by atoms with Crippen LogP contribution in [-0.2, 0) is 33.6 Å². The molecule has 0 unspecified atom stereocenters. The molecule has 1 heterocycles. The normalized spacial score (nSPS) is 10.4. The standard InChI is InChI=1S/C21H15ClPS.C17H14P.Fe.Ni/c22-18-13-14-19(21(18)20-12-7-15-24-20)23(16-8-3-1-4-9-16)17-10-5-2-6-11-17;1-3-9-15(10-4-1)18(17-13-7-8-14-17)16-11-5-2-6-12-16;;/h1-15H;1-14H;;/q-1;-5;;. The molecule has 0 radical (unpaired) electrons. The fourth-order valence-electron chi connectivity index (χ4n) is 4.99. The van der Waals surface area contributed by atoms with Crippen molar-refractivity contribution in [1.82, 2.24) is 0 Å². The van der Waals surface area contributed by atoms with Gasteiger partial charge in [0.2, 0.25) is 0 Å². The molecule has 0 aliphatic carbocycles. The number of benzene rings is 4. The van der Waals surface area contributed by atoms with Gasteiger partial charge < -0.3 is 29.6 Å². The Bertz CT molecular complexity index is 1700. The van der Waals surface area contributed by atoms with E-state index in [0.717, 1.165) is 5.02 Å². The zero-order valence-corrected chi connectivity index (χ0v) is 29.0. The first-order valence-corrected chi connectivity index (χ1v) is 17.7. The van der Waals surface area contributed by atoms with E-state index in [0.29, 0.717) is 0 Å². The number of halogens is 1. The molecule has 44 heavy (non-hydrogen) atoms. The van der Waals surface area contributed by atoms with Crippen LogP contribution in [0, 0.1) is 0 Å². The minimum absolute atomic E-state index is 0. The molecule has 0 saturated heterocycles. The Morgan fingerprint density at radius 1 is 0.568 bits per heavy atom. The average molecular weight is 730 g/mol. The maximum absolute atomic E-state index is 6.57. The molecule has 0 aliphatic heterocycles. The van der Waals surface area contributed by atoms with Crippen LogP contribution in [0.5, 0.6) is 0 Å². The van der Waals surface area contributed by atoms with E-state index in [4.69, 9.17) is 11.6 Å². The van der Waals surface area contributed by atoms with Gasteiger partial charge >= 0.3 is 0 Å². The van der Waals surface area contributed by atoms with Crippen molar-refractivity contribution in [3.05, 3.63) is 180 Å². The van der Waals surface area contributed by atoms with Crippen LogP contribution in [0.2, 0.25) is 5.02 Å². The predicted molar refractivity (Wildman–Crippen MR) is 190 cm³/mol. The van der Waals surface area contributed by atoms with Crippen molar-refractivity contribution in [2.24, 2.45) is 0 Å². The van der Waals surface area contributed by atoms with Gasteiger partial charge in [-0.1, -0.05) is 152 Å². The van der Waals surface area contributed by atoms with Gasteiger partial charge in [-0.3, -0.25) is 0 Å². The van der Waals surface area contributed by atoms with E-state index >= 15 is 0 Å². The summed E-state index contributed by atoms with van der Waals surface area (Å²) in [5.41, 5.74) is 1.19. The molecular formula is C38H29ClFeNiP2S-6. The summed E-state index contributed by atoms with van der Waals surface area (Å²) < 4.78 is 0. The van der Waals surface area contributed by atoms with Gasteiger partial charge in [0, 0.05) is 33.6 Å². The SMILES string of the molecule is Cl[c-]1ccc(P(c2ccccc2)c2ccccc2)c1-c1cccs1.[Fe].[Ni].c1ccc(P(c2ccccc2)[c-]2[cH-][cH-][cH-][cH-]2)cc1. The molecule has 1 aromatic heterocycles. The van der Waals surface area contributed by atoms with E-state index in [9.17, 15) is 0 Å². The Morgan fingerprint density at radius 3 is 1.45 bits per heavy atom. The van der Waals surface area contributed by atoms with Crippen LogP contribution in [0.3, 0.4) is 0 Å². The van der Waals surface area contributed by atoms with Crippen LogP contribution >= 0.6 is 38.8 Å². The van der Waals surface area contributed by atoms with Crippen LogP contribution in [-0.4, -0.2) is 0 Å². The van der Waals surface area contributed by atoms with Crippen molar-refractivity contribution < 1.29 is 33.6 Å². The third-order valence-corrected chi connectivity index (χ3v) is 13.0. The Labute approximate surface area is 292 Å². The van der Waals surface area contributed by atoms with E-state index < -0.39 is 15.8 Å². The topological polar surface area (TPSA) is 0 Å². The molecule has 228 valence electrons. The van der Waals surface area contributed by atoms with E-state index in [2.05, 4.69) is 169 Å². The number of thiophene rings is 1. The summed E-state index contributed by atoms with van der Waals surface area (Å²) in [7, 11) is -1.04. The van der Waals surface area contributed by atoms with Crippen molar-refractivity contribution in [1.29, 1.82) is 0 Å². The summed E-state index contributed by atoms with van der Waals surface area (Å²) in [6, 6.07) is 60.2.